The van der Waals surface area contributed by atoms with E-state index < -0.39 is 0 Å². The Hall–Kier alpha value is -2.88. The predicted molar refractivity (Wildman–Crippen MR) is 117 cm³/mol. The Labute approximate surface area is 178 Å². The van der Waals surface area contributed by atoms with E-state index in [9.17, 15) is 4.79 Å². The summed E-state index contributed by atoms with van der Waals surface area (Å²) in [4.78, 5) is 26.8. The van der Waals surface area contributed by atoms with Crippen LogP contribution in [0.2, 0.25) is 0 Å². The van der Waals surface area contributed by atoms with Gasteiger partial charge in [-0.15, -0.1) is 11.3 Å². The molecule has 1 aliphatic heterocycles. The minimum absolute atomic E-state index is 0.0637. The van der Waals surface area contributed by atoms with Gasteiger partial charge in [0.25, 0.3) is 5.56 Å². The van der Waals surface area contributed by atoms with Gasteiger partial charge in [-0.05, 0) is 18.2 Å². The molecule has 0 radical (unpaired) electrons. The monoisotopic (exact) mass is 421 g/mol. The molecule has 4 aromatic heterocycles. The molecule has 1 fully saturated rings. The number of piperazine rings is 1. The highest BCUT2D eigenvalue weighted by Gasteiger charge is 2.18. The minimum atomic E-state index is -0.0637. The average Bonchev–Trinajstić information content (AvgIpc) is 3.37. The number of hydrogen-bond donors (Lipinski definition) is 0. The fourth-order valence-corrected chi connectivity index (χ4v) is 4.49. The summed E-state index contributed by atoms with van der Waals surface area (Å²) in [6.45, 7) is 6.28. The molecule has 0 bridgehead atoms. The number of thiazole rings is 1. The quantitative estimate of drug-likeness (QED) is 0.473. The van der Waals surface area contributed by atoms with Crippen LogP contribution in [0, 0.1) is 0 Å². The molecule has 5 rings (SSSR count). The summed E-state index contributed by atoms with van der Waals surface area (Å²) in [6, 6.07) is 7.17. The molecule has 1 aliphatic rings. The third kappa shape index (κ3) is 4.18. The Kier molecular flexibility index (Phi) is 5.39. The van der Waals surface area contributed by atoms with Gasteiger partial charge in [0.05, 0.1) is 17.9 Å². The SMILES string of the molecule is O=c1ccc(-c2ccncc2)nn1CCN1CCN(Cc2cn3ccsc3n2)CC1. The number of fused-ring (bicyclic) bond motifs is 1. The van der Waals surface area contributed by atoms with Crippen molar-refractivity contribution in [2.45, 2.75) is 13.1 Å². The van der Waals surface area contributed by atoms with Crippen molar-refractivity contribution in [1.29, 1.82) is 0 Å². The molecule has 0 saturated carbocycles. The Morgan fingerprint density at radius 2 is 1.77 bits per heavy atom. The summed E-state index contributed by atoms with van der Waals surface area (Å²) < 4.78 is 3.65. The van der Waals surface area contributed by atoms with Gasteiger partial charge in [-0.2, -0.15) is 5.10 Å². The van der Waals surface area contributed by atoms with Crippen molar-refractivity contribution in [3.8, 4) is 11.3 Å². The maximum atomic E-state index is 12.2. The Bertz CT molecular complexity index is 1150. The topological polar surface area (TPSA) is 71.6 Å². The number of pyridine rings is 1. The molecular weight excluding hydrogens is 398 g/mol. The van der Waals surface area contributed by atoms with Gasteiger partial charge in [0.15, 0.2) is 4.96 Å². The Morgan fingerprint density at radius 3 is 2.57 bits per heavy atom. The highest BCUT2D eigenvalue weighted by Crippen LogP contribution is 2.15. The summed E-state index contributed by atoms with van der Waals surface area (Å²) in [7, 11) is 0. The Balaban J connectivity index is 1.15. The summed E-state index contributed by atoms with van der Waals surface area (Å²) in [6.07, 6.45) is 7.64. The van der Waals surface area contributed by atoms with Gasteiger partial charge in [0, 0.05) is 81.1 Å². The van der Waals surface area contributed by atoms with Crippen LogP contribution in [-0.2, 0) is 13.1 Å². The predicted octanol–water partition coefficient (Wildman–Crippen LogP) is 1.83. The van der Waals surface area contributed by atoms with Gasteiger partial charge in [0.2, 0.25) is 0 Å². The summed E-state index contributed by atoms with van der Waals surface area (Å²) in [5.41, 5.74) is 2.82. The van der Waals surface area contributed by atoms with Crippen LogP contribution in [0.1, 0.15) is 5.69 Å². The van der Waals surface area contributed by atoms with E-state index in [-0.39, 0.29) is 5.56 Å². The summed E-state index contributed by atoms with van der Waals surface area (Å²) in [5.74, 6) is 0. The first-order valence-electron chi connectivity index (χ1n) is 10.1. The van der Waals surface area contributed by atoms with Gasteiger partial charge in [0.1, 0.15) is 0 Å². The standard InChI is InChI=1S/C21H23N7OS/c29-20-2-1-19(17-3-5-22-6-4-17)24-28(20)12-11-25-7-9-26(10-8-25)15-18-16-27-13-14-30-21(27)23-18/h1-6,13-14,16H,7-12,15H2. The molecular formula is C21H23N7OS. The second kappa shape index (κ2) is 8.47. The molecule has 30 heavy (non-hydrogen) atoms. The highest BCUT2D eigenvalue weighted by molar-refractivity contribution is 7.15. The fourth-order valence-electron chi connectivity index (χ4n) is 3.77. The normalized spacial score (nSPS) is 15.7. The molecule has 8 nitrogen and oxygen atoms in total. The molecule has 4 aromatic rings. The lowest BCUT2D eigenvalue weighted by Gasteiger charge is -2.34. The smallest absolute Gasteiger partial charge is 0.266 e. The van der Waals surface area contributed by atoms with Crippen LogP contribution < -0.4 is 5.56 Å². The maximum Gasteiger partial charge on any atom is 0.266 e. The van der Waals surface area contributed by atoms with E-state index in [4.69, 9.17) is 0 Å². The van der Waals surface area contributed by atoms with E-state index in [1.54, 1.807) is 40.5 Å². The van der Waals surface area contributed by atoms with Crippen molar-refractivity contribution in [3.05, 3.63) is 70.5 Å². The minimum Gasteiger partial charge on any atom is -0.299 e. The number of aromatic nitrogens is 5. The zero-order valence-electron chi connectivity index (χ0n) is 16.6. The van der Waals surface area contributed by atoms with E-state index in [1.807, 2.05) is 18.3 Å². The number of imidazole rings is 1. The number of hydrogen-bond acceptors (Lipinski definition) is 7. The molecule has 0 amide bonds. The molecule has 1 saturated heterocycles. The second-order valence-electron chi connectivity index (χ2n) is 7.46. The third-order valence-corrected chi connectivity index (χ3v) is 6.24. The average molecular weight is 422 g/mol. The lowest BCUT2D eigenvalue weighted by atomic mass is 10.2. The van der Waals surface area contributed by atoms with Crippen LogP contribution in [0.5, 0.6) is 0 Å². The molecule has 0 aromatic carbocycles. The molecule has 5 heterocycles. The number of rotatable bonds is 6. The van der Waals surface area contributed by atoms with Gasteiger partial charge < -0.3 is 0 Å². The lowest BCUT2D eigenvalue weighted by Crippen LogP contribution is -2.47. The van der Waals surface area contributed by atoms with Crippen LogP contribution in [-0.4, -0.2) is 66.7 Å². The van der Waals surface area contributed by atoms with Gasteiger partial charge >= 0.3 is 0 Å². The van der Waals surface area contributed by atoms with E-state index in [1.165, 1.54) is 0 Å². The third-order valence-electron chi connectivity index (χ3n) is 5.46. The molecule has 9 heteroatoms. The van der Waals surface area contributed by atoms with Crippen molar-refractivity contribution >= 4 is 16.3 Å². The lowest BCUT2D eigenvalue weighted by molar-refractivity contribution is 0.122. The van der Waals surface area contributed by atoms with Crippen molar-refractivity contribution < 1.29 is 0 Å². The van der Waals surface area contributed by atoms with Crippen molar-refractivity contribution in [3.63, 3.8) is 0 Å². The summed E-state index contributed by atoms with van der Waals surface area (Å²) in [5, 5.41) is 6.60. The summed E-state index contributed by atoms with van der Waals surface area (Å²) >= 11 is 1.66. The van der Waals surface area contributed by atoms with Crippen LogP contribution in [0.15, 0.2) is 59.2 Å². The zero-order chi connectivity index (χ0) is 20.3. The van der Waals surface area contributed by atoms with Crippen molar-refractivity contribution in [1.82, 2.24) is 33.9 Å². The molecule has 0 N–H and O–H groups in total. The zero-order valence-corrected chi connectivity index (χ0v) is 17.4. The van der Waals surface area contributed by atoms with E-state index in [0.717, 1.165) is 61.2 Å². The molecule has 154 valence electrons. The fraction of sp³-hybridized carbons (Fsp3) is 0.333. The van der Waals surface area contributed by atoms with Gasteiger partial charge in [-0.3, -0.25) is 24.0 Å². The number of nitrogens with zero attached hydrogens (tertiary/aromatic N) is 7. The first kappa shape index (κ1) is 19.1. The van der Waals surface area contributed by atoms with Crippen LogP contribution in [0.4, 0.5) is 0 Å². The Morgan fingerprint density at radius 1 is 0.967 bits per heavy atom. The first-order valence-corrected chi connectivity index (χ1v) is 11.0. The molecule has 0 aliphatic carbocycles. The van der Waals surface area contributed by atoms with Crippen molar-refractivity contribution in [2.75, 3.05) is 32.7 Å². The van der Waals surface area contributed by atoms with E-state index in [2.05, 4.69) is 40.8 Å². The van der Waals surface area contributed by atoms with Gasteiger partial charge in [-0.1, -0.05) is 0 Å². The molecule has 0 spiro atoms. The molecule has 0 unspecified atom stereocenters. The van der Waals surface area contributed by atoms with Crippen molar-refractivity contribution in [2.24, 2.45) is 0 Å². The van der Waals surface area contributed by atoms with Crippen LogP contribution >= 0.6 is 11.3 Å². The first-order chi connectivity index (χ1) is 14.7. The second-order valence-corrected chi connectivity index (χ2v) is 8.33. The highest BCUT2D eigenvalue weighted by atomic mass is 32.1. The van der Waals surface area contributed by atoms with E-state index >= 15 is 0 Å². The van der Waals surface area contributed by atoms with Gasteiger partial charge in [-0.25, -0.2) is 9.67 Å². The van der Waals surface area contributed by atoms with E-state index in [0.29, 0.717) is 6.54 Å². The maximum absolute atomic E-state index is 12.2. The van der Waals surface area contributed by atoms with Crippen LogP contribution in [0.3, 0.4) is 0 Å². The largest absolute Gasteiger partial charge is 0.299 e. The molecule has 0 atom stereocenters. The van der Waals surface area contributed by atoms with Crippen LogP contribution in [0.25, 0.3) is 16.2 Å².